The fourth-order valence-corrected chi connectivity index (χ4v) is 2.56. The zero-order valence-electron chi connectivity index (χ0n) is 13.0. The predicted molar refractivity (Wildman–Crippen MR) is 80.9 cm³/mol. The van der Waals surface area contributed by atoms with Crippen molar-refractivity contribution in [2.45, 2.75) is 19.4 Å². The number of nitrogens with zero attached hydrogens (tertiary/aromatic N) is 6. The Labute approximate surface area is 134 Å². The van der Waals surface area contributed by atoms with Crippen LogP contribution >= 0.6 is 0 Å². The molecule has 2 rings (SSSR count). The minimum absolute atomic E-state index is 0.0742. The van der Waals surface area contributed by atoms with Crippen LogP contribution in [0.2, 0.25) is 0 Å². The van der Waals surface area contributed by atoms with Gasteiger partial charge in [0.25, 0.3) is 5.56 Å². The van der Waals surface area contributed by atoms with Gasteiger partial charge in [0.15, 0.2) is 0 Å². The highest BCUT2D eigenvalue weighted by Crippen LogP contribution is 2.15. The first-order chi connectivity index (χ1) is 11.0. The molecule has 0 N–H and O–H groups in total. The molecule has 1 aliphatic heterocycles. The van der Waals surface area contributed by atoms with Crippen molar-refractivity contribution in [2.24, 2.45) is 7.05 Å². The van der Waals surface area contributed by atoms with Crippen LogP contribution in [0, 0.1) is 22.7 Å². The lowest BCUT2D eigenvalue weighted by molar-refractivity contribution is -0.130. The average Bonchev–Trinajstić information content (AvgIpc) is 2.53. The highest BCUT2D eigenvalue weighted by Gasteiger charge is 2.20. The summed E-state index contributed by atoms with van der Waals surface area (Å²) in [6, 6.07) is 5.37. The summed E-state index contributed by atoms with van der Waals surface area (Å²) >= 11 is 0. The van der Waals surface area contributed by atoms with Crippen molar-refractivity contribution in [2.75, 3.05) is 26.2 Å². The van der Waals surface area contributed by atoms with Crippen LogP contribution in [0.1, 0.15) is 17.7 Å². The molecule has 0 spiro atoms. The molecule has 0 saturated carbocycles. The Morgan fingerprint density at radius 3 is 2.74 bits per heavy atom. The van der Waals surface area contributed by atoms with Crippen LogP contribution in [-0.2, 0) is 24.8 Å². The van der Waals surface area contributed by atoms with E-state index in [0.29, 0.717) is 13.1 Å². The summed E-state index contributed by atoms with van der Waals surface area (Å²) < 4.78 is 1.33. The van der Waals surface area contributed by atoms with Crippen LogP contribution in [0.5, 0.6) is 0 Å². The lowest BCUT2D eigenvalue weighted by atomic mass is 10.1. The number of nitriles is 2. The first kappa shape index (κ1) is 16.7. The number of aromatic nitrogens is 2. The van der Waals surface area contributed by atoms with E-state index in [2.05, 4.69) is 10.00 Å². The van der Waals surface area contributed by atoms with Gasteiger partial charge < -0.3 is 4.90 Å². The molecule has 2 heterocycles. The summed E-state index contributed by atoms with van der Waals surface area (Å²) in [5, 5.41) is 21.6. The van der Waals surface area contributed by atoms with E-state index in [9.17, 15) is 9.59 Å². The molecule has 0 unspecified atom stereocenters. The molecule has 1 aromatic heterocycles. The molecule has 0 saturated heterocycles. The molecule has 8 heteroatoms. The highest BCUT2D eigenvalue weighted by molar-refractivity contribution is 5.76. The van der Waals surface area contributed by atoms with Crippen molar-refractivity contribution in [1.82, 2.24) is 19.6 Å². The quantitative estimate of drug-likeness (QED) is 0.672. The number of carbonyl (C=O) groups is 1. The van der Waals surface area contributed by atoms with E-state index in [4.69, 9.17) is 10.5 Å². The van der Waals surface area contributed by atoms with E-state index in [1.807, 2.05) is 12.1 Å². The third-order valence-electron chi connectivity index (χ3n) is 3.83. The monoisotopic (exact) mass is 314 g/mol. The van der Waals surface area contributed by atoms with Crippen LogP contribution in [0.25, 0.3) is 0 Å². The van der Waals surface area contributed by atoms with Crippen molar-refractivity contribution >= 4 is 5.91 Å². The minimum Gasteiger partial charge on any atom is -0.316 e. The van der Waals surface area contributed by atoms with E-state index in [0.717, 1.165) is 24.2 Å². The molecule has 0 radical (unpaired) electrons. The smallest absolute Gasteiger partial charge is 0.266 e. The predicted octanol–water partition coefficient (Wildman–Crippen LogP) is -0.596. The minimum atomic E-state index is -0.207. The summed E-state index contributed by atoms with van der Waals surface area (Å²) in [5.74, 6) is -0.207. The number of rotatable bonds is 5. The first-order valence-corrected chi connectivity index (χ1v) is 7.35. The topological polar surface area (TPSA) is 106 Å². The Balaban J connectivity index is 1.94. The molecular weight excluding hydrogens is 296 g/mol. The van der Waals surface area contributed by atoms with Crippen LogP contribution in [0.4, 0.5) is 0 Å². The number of fused-ring (bicyclic) bond motifs is 1. The lowest BCUT2D eigenvalue weighted by Crippen LogP contribution is -2.38. The zero-order valence-corrected chi connectivity index (χ0v) is 13.0. The van der Waals surface area contributed by atoms with Crippen molar-refractivity contribution < 1.29 is 4.79 Å². The molecular formula is C15H18N6O2. The second kappa shape index (κ2) is 7.52. The van der Waals surface area contributed by atoms with Crippen LogP contribution in [0.3, 0.4) is 0 Å². The number of hydrogen-bond acceptors (Lipinski definition) is 6. The average molecular weight is 314 g/mol. The van der Waals surface area contributed by atoms with Gasteiger partial charge in [0.05, 0.1) is 17.8 Å². The number of carbonyl (C=O) groups excluding carboxylic acids is 1. The Morgan fingerprint density at radius 1 is 1.39 bits per heavy atom. The molecule has 1 aliphatic rings. The molecule has 0 bridgehead atoms. The summed E-state index contributed by atoms with van der Waals surface area (Å²) in [7, 11) is 1.63. The molecule has 0 aliphatic carbocycles. The third-order valence-corrected chi connectivity index (χ3v) is 3.83. The van der Waals surface area contributed by atoms with Crippen molar-refractivity contribution in [3.05, 3.63) is 27.7 Å². The van der Waals surface area contributed by atoms with Crippen molar-refractivity contribution in [3.63, 3.8) is 0 Å². The molecule has 0 fully saturated rings. The summed E-state index contributed by atoms with van der Waals surface area (Å²) in [6.45, 7) is 1.73. The summed E-state index contributed by atoms with van der Waals surface area (Å²) in [4.78, 5) is 27.0. The van der Waals surface area contributed by atoms with Gasteiger partial charge in [-0.05, 0) is 5.56 Å². The van der Waals surface area contributed by atoms with E-state index < -0.39 is 0 Å². The number of aryl methyl sites for hydroxylation is 1. The zero-order chi connectivity index (χ0) is 16.8. The van der Waals surface area contributed by atoms with Crippen molar-refractivity contribution in [3.8, 4) is 12.1 Å². The third kappa shape index (κ3) is 4.15. The fraction of sp³-hybridized carbons (Fsp3) is 0.533. The maximum atomic E-state index is 12.0. The molecule has 1 aromatic rings. The van der Waals surface area contributed by atoms with E-state index in [1.54, 1.807) is 13.1 Å². The molecule has 0 atom stereocenters. The Bertz CT molecular complexity index is 711. The number of amides is 1. The SMILES string of the molecule is Cn1nc2c(cc1=O)CN(CCC(=O)N(CC#N)CC#N)CC2. The Morgan fingerprint density at radius 2 is 2.09 bits per heavy atom. The number of hydrogen-bond donors (Lipinski definition) is 0. The van der Waals surface area contributed by atoms with Gasteiger partial charge in [-0.25, -0.2) is 4.68 Å². The second-order valence-corrected chi connectivity index (χ2v) is 5.42. The molecule has 120 valence electrons. The maximum Gasteiger partial charge on any atom is 0.266 e. The second-order valence-electron chi connectivity index (χ2n) is 5.42. The summed E-state index contributed by atoms with van der Waals surface area (Å²) in [6.07, 6.45) is 0.981. The largest absolute Gasteiger partial charge is 0.316 e. The molecule has 1 amide bonds. The lowest BCUT2D eigenvalue weighted by Gasteiger charge is -2.28. The van der Waals surface area contributed by atoms with Gasteiger partial charge in [-0.3, -0.25) is 14.5 Å². The van der Waals surface area contributed by atoms with Gasteiger partial charge in [0.2, 0.25) is 5.91 Å². The highest BCUT2D eigenvalue weighted by atomic mass is 16.2. The van der Waals surface area contributed by atoms with Gasteiger partial charge in [0.1, 0.15) is 13.1 Å². The first-order valence-electron chi connectivity index (χ1n) is 7.35. The van der Waals surface area contributed by atoms with Gasteiger partial charge in [-0.1, -0.05) is 0 Å². The van der Waals surface area contributed by atoms with Crippen LogP contribution in [-0.4, -0.2) is 51.7 Å². The molecule has 8 nitrogen and oxygen atoms in total. The van der Waals surface area contributed by atoms with Gasteiger partial charge in [-0.15, -0.1) is 0 Å². The summed E-state index contributed by atoms with van der Waals surface area (Å²) in [5.41, 5.74) is 1.68. The van der Waals surface area contributed by atoms with Crippen molar-refractivity contribution in [1.29, 1.82) is 10.5 Å². The normalized spacial score (nSPS) is 13.7. The fourth-order valence-electron chi connectivity index (χ4n) is 2.56. The Kier molecular flexibility index (Phi) is 5.45. The van der Waals surface area contributed by atoms with Gasteiger partial charge in [0, 0.05) is 45.6 Å². The van der Waals surface area contributed by atoms with E-state index >= 15 is 0 Å². The van der Waals surface area contributed by atoms with Crippen LogP contribution < -0.4 is 5.56 Å². The molecule has 0 aromatic carbocycles. The standard InChI is InChI=1S/C15H18N6O2/c1-19-15(23)10-12-11-20(6-2-13(12)18-19)7-3-14(22)21(8-4-16)9-5-17/h10H,2-3,6-9,11H2,1H3. The molecule has 23 heavy (non-hydrogen) atoms. The maximum absolute atomic E-state index is 12.0. The van der Waals surface area contributed by atoms with Gasteiger partial charge in [-0.2, -0.15) is 15.6 Å². The van der Waals surface area contributed by atoms with E-state index in [1.165, 1.54) is 9.58 Å². The Hall–Kier alpha value is -2.71. The van der Waals surface area contributed by atoms with Crippen LogP contribution in [0.15, 0.2) is 10.9 Å². The van der Waals surface area contributed by atoms with E-state index in [-0.39, 0.29) is 31.0 Å². The van der Waals surface area contributed by atoms with Gasteiger partial charge >= 0.3 is 0 Å².